The van der Waals surface area contributed by atoms with Crippen LogP contribution in [0.5, 0.6) is 5.75 Å². The molecule has 1 aromatic carbocycles. The summed E-state index contributed by atoms with van der Waals surface area (Å²) in [5, 5.41) is 3.54. The monoisotopic (exact) mass is 231 g/mol. The van der Waals surface area contributed by atoms with E-state index < -0.39 is 0 Å². The molecule has 1 aromatic rings. The average Bonchev–Trinajstić information content (AvgIpc) is 3.05. The Bertz CT molecular complexity index is 385. The average molecular weight is 231 g/mol. The molecule has 0 radical (unpaired) electrons. The van der Waals surface area contributed by atoms with Gasteiger partial charge in [-0.3, -0.25) is 0 Å². The van der Waals surface area contributed by atoms with Crippen molar-refractivity contribution in [3.63, 3.8) is 0 Å². The molecule has 1 aliphatic heterocycles. The Morgan fingerprint density at radius 2 is 2.24 bits per heavy atom. The third-order valence-corrected chi connectivity index (χ3v) is 3.75. The van der Waals surface area contributed by atoms with Crippen molar-refractivity contribution in [1.82, 2.24) is 5.32 Å². The number of rotatable bonds is 6. The van der Waals surface area contributed by atoms with Gasteiger partial charge in [0.2, 0.25) is 0 Å². The fraction of sp³-hybridized carbons (Fsp3) is 0.600. The highest BCUT2D eigenvalue weighted by atomic mass is 16.5. The van der Waals surface area contributed by atoms with Crippen LogP contribution in [0.4, 0.5) is 0 Å². The first-order chi connectivity index (χ1) is 8.42. The zero-order valence-corrected chi connectivity index (χ0v) is 10.4. The predicted molar refractivity (Wildman–Crippen MR) is 69.3 cm³/mol. The zero-order chi connectivity index (χ0) is 11.5. The van der Waals surface area contributed by atoms with Crippen LogP contribution in [0, 0.1) is 5.92 Å². The molecular weight excluding hydrogens is 210 g/mol. The first-order valence-corrected chi connectivity index (χ1v) is 6.87. The minimum Gasteiger partial charge on any atom is -0.493 e. The van der Waals surface area contributed by atoms with Crippen molar-refractivity contribution < 1.29 is 4.74 Å². The maximum Gasteiger partial charge on any atom is 0.122 e. The Labute approximate surface area is 103 Å². The smallest absolute Gasteiger partial charge is 0.122 e. The first-order valence-electron chi connectivity index (χ1n) is 6.87. The van der Waals surface area contributed by atoms with Crippen molar-refractivity contribution in [2.45, 2.75) is 38.6 Å². The summed E-state index contributed by atoms with van der Waals surface area (Å²) in [6.45, 7) is 3.01. The van der Waals surface area contributed by atoms with E-state index in [1.807, 2.05) is 0 Å². The van der Waals surface area contributed by atoms with E-state index in [2.05, 4.69) is 23.5 Å². The normalized spacial score (nSPS) is 17.9. The van der Waals surface area contributed by atoms with Crippen LogP contribution in [0.2, 0.25) is 0 Å². The van der Waals surface area contributed by atoms with Crippen molar-refractivity contribution in [3.05, 3.63) is 29.3 Å². The third kappa shape index (κ3) is 3.01. The second kappa shape index (κ2) is 5.09. The van der Waals surface area contributed by atoms with Gasteiger partial charge in [0.25, 0.3) is 0 Å². The van der Waals surface area contributed by atoms with Crippen LogP contribution in [0.15, 0.2) is 18.2 Å². The maximum absolute atomic E-state index is 5.51. The summed E-state index contributed by atoms with van der Waals surface area (Å²) in [4.78, 5) is 0. The van der Waals surface area contributed by atoms with Gasteiger partial charge >= 0.3 is 0 Å². The summed E-state index contributed by atoms with van der Waals surface area (Å²) in [7, 11) is 0. The summed E-state index contributed by atoms with van der Waals surface area (Å²) in [5.41, 5.74) is 2.77. The Balaban J connectivity index is 1.41. The molecule has 0 amide bonds. The van der Waals surface area contributed by atoms with Gasteiger partial charge < -0.3 is 10.1 Å². The van der Waals surface area contributed by atoms with E-state index in [-0.39, 0.29) is 0 Å². The molecule has 0 spiro atoms. The molecule has 2 aliphatic rings. The molecule has 92 valence electrons. The molecule has 1 N–H and O–H groups in total. The quantitative estimate of drug-likeness (QED) is 0.760. The third-order valence-electron chi connectivity index (χ3n) is 3.75. The SMILES string of the molecule is c1cc2c(cc1CNCCCC1CC1)CCO2. The fourth-order valence-electron chi connectivity index (χ4n) is 2.50. The van der Waals surface area contributed by atoms with Gasteiger partial charge in [-0.25, -0.2) is 0 Å². The van der Waals surface area contributed by atoms with Crippen molar-refractivity contribution >= 4 is 0 Å². The predicted octanol–water partition coefficient (Wildman–Crippen LogP) is 2.90. The van der Waals surface area contributed by atoms with E-state index in [0.29, 0.717) is 0 Å². The second-order valence-electron chi connectivity index (χ2n) is 5.30. The Kier molecular flexibility index (Phi) is 3.32. The Morgan fingerprint density at radius 1 is 1.29 bits per heavy atom. The standard InChI is InChI=1S/C15H21NO/c1(2-12-3-4-12)8-16-11-13-5-6-15-14(10-13)7-9-17-15/h5-6,10,12,16H,1-4,7-9,11H2. The Hall–Kier alpha value is -1.02. The number of ether oxygens (including phenoxy) is 1. The van der Waals surface area contributed by atoms with Gasteiger partial charge in [-0.15, -0.1) is 0 Å². The largest absolute Gasteiger partial charge is 0.493 e. The minimum absolute atomic E-state index is 0.855. The van der Waals surface area contributed by atoms with E-state index in [1.165, 1.54) is 36.8 Å². The number of hydrogen-bond donors (Lipinski definition) is 1. The molecule has 1 aliphatic carbocycles. The van der Waals surface area contributed by atoms with Gasteiger partial charge in [0, 0.05) is 13.0 Å². The molecule has 0 saturated heterocycles. The number of hydrogen-bond acceptors (Lipinski definition) is 2. The fourth-order valence-corrected chi connectivity index (χ4v) is 2.50. The van der Waals surface area contributed by atoms with Crippen molar-refractivity contribution in [3.8, 4) is 5.75 Å². The van der Waals surface area contributed by atoms with Crippen molar-refractivity contribution in [2.24, 2.45) is 5.92 Å². The van der Waals surface area contributed by atoms with Crippen molar-refractivity contribution in [1.29, 1.82) is 0 Å². The molecule has 1 fully saturated rings. The summed E-state index contributed by atoms with van der Waals surface area (Å²) in [5.74, 6) is 2.15. The van der Waals surface area contributed by atoms with Crippen LogP contribution < -0.4 is 10.1 Å². The molecule has 1 heterocycles. The molecule has 1 saturated carbocycles. The van der Waals surface area contributed by atoms with Gasteiger partial charge in [-0.2, -0.15) is 0 Å². The highest BCUT2D eigenvalue weighted by Gasteiger charge is 2.19. The lowest BCUT2D eigenvalue weighted by atomic mass is 10.1. The zero-order valence-electron chi connectivity index (χ0n) is 10.4. The van der Waals surface area contributed by atoms with Crippen LogP contribution in [-0.2, 0) is 13.0 Å². The molecule has 3 rings (SSSR count). The van der Waals surface area contributed by atoms with E-state index in [4.69, 9.17) is 4.74 Å². The van der Waals surface area contributed by atoms with Crippen molar-refractivity contribution in [2.75, 3.05) is 13.2 Å². The molecule has 0 atom stereocenters. The molecule has 0 unspecified atom stereocenters. The summed E-state index contributed by atoms with van der Waals surface area (Å²) >= 11 is 0. The molecule has 2 nitrogen and oxygen atoms in total. The van der Waals surface area contributed by atoms with E-state index >= 15 is 0 Å². The highest BCUT2D eigenvalue weighted by Crippen LogP contribution is 2.33. The lowest BCUT2D eigenvalue weighted by Gasteiger charge is -2.06. The lowest BCUT2D eigenvalue weighted by molar-refractivity contribution is 0.357. The summed E-state index contributed by atoms with van der Waals surface area (Å²) < 4.78 is 5.51. The van der Waals surface area contributed by atoms with Gasteiger partial charge in [-0.05, 0) is 42.5 Å². The van der Waals surface area contributed by atoms with Gasteiger partial charge in [0.05, 0.1) is 6.61 Å². The van der Waals surface area contributed by atoms with Gasteiger partial charge in [0.1, 0.15) is 5.75 Å². The highest BCUT2D eigenvalue weighted by molar-refractivity contribution is 5.39. The van der Waals surface area contributed by atoms with Gasteiger partial charge in [0.15, 0.2) is 0 Å². The lowest BCUT2D eigenvalue weighted by Crippen LogP contribution is -2.14. The van der Waals surface area contributed by atoms with Crippen LogP contribution in [0.1, 0.15) is 36.8 Å². The van der Waals surface area contributed by atoms with Crippen LogP contribution in [0.25, 0.3) is 0 Å². The molecule has 0 aromatic heterocycles. The number of benzene rings is 1. The van der Waals surface area contributed by atoms with Crippen LogP contribution in [-0.4, -0.2) is 13.2 Å². The first kappa shape index (κ1) is 11.1. The molecule has 0 bridgehead atoms. The second-order valence-corrected chi connectivity index (χ2v) is 5.30. The van der Waals surface area contributed by atoms with E-state index in [9.17, 15) is 0 Å². The van der Waals surface area contributed by atoms with Gasteiger partial charge in [-0.1, -0.05) is 25.0 Å². The molecular formula is C15H21NO. The topological polar surface area (TPSA) is 21.3 Å². The summed E-state index contributed by atoms with van der Waals surface area (Å²) in [6.07, 6.45) is 6.78. The Morgan fingerprint density at radius 3 is 3.12 bits per heavy atom. The summed E-state index contributed by atoms with van der Waals surface area (Å²) in [6, 6.07) is 6.58. The molecule has 17 heavy (non-hydrogen) atoms. The van der Waals surface area contributed by atoms with Crippen LogP contribution in [0.3, 0.4) is 0 Å². The number of fused-ring (bicyclic) bond motifs is 1. The minimum atomic E-state index is 0.855. The van der Waals surface area contributed by atoms with Crippen LogP contribution >= 0.6 is 0 Å². The van der Waals surface area contributed by atoms with E-state index in [0.717, 1.165) is 37.8 Å². The molecule has 2 heteroatoms. The number of nitrogens with one attached hydrogen (secondary N) is 1. The van der Waals surface area contributed by atoms with E-state index in [1.54, 1.807) is 0 Å². The maximum atomic E-state index is 5.51.